The van der Waals surface area contributed by atoms with Gasteiger partial charge < -0.3 is 14.8 Å². The second-order valence-electron chi connectivity index (χ2n) is 3.12. The van der Waals surface area contributed by atoms with Crippen molar-refractivity contribution in [2.45, 2.75) is 12.2 Å². The summed E-state index contributed by atoms with van der Waals surface area (Å²) in [5.41, 5.74) is 0. The lowest BCUT2D eigenvalue weighted by Crippen LogP contribution is -2.30. The largest absolute Gasteiger partial charge is 0.382 e. The first-order chi connectivity index (χ1) is 6.68. The van der Waals surface area contributed by atoms with Gasteiger partial charge >= 0.3 is 0 Å². The molecule has 0 aromatic rings. The normalized spacial score (nSPS) is 15.4. The third-order valence-corrected chi connectivity index (χ3v) is 3.15. The number of methoxy groups -OCH3 is 1. The molecular formula is C9H21NO3S. The van der Waals surface area contributed by atoms with Gasteiger partial charge in [0, 0.05) is 42.5 Å². The van der Waals surface area contributed by atoms with E-state index in [9.17, 15) is 4.21 Å². The second kappa shape index (κ2) is 9.58. The molecule has 0 radical (unpaired) electrons. The first kappa shape index (κ1) is 14.0. The highest BCUT2D eigenvalue weighted by atomic mass is 32.2. The van der Waals surface area contributed by atoms with E-state index in [1.165, 1.54) is 0 Å². The molecule has 5 heteroatoms. The molecule has 4 nitrogen and oxygen atoms in total. The van der Waals surface area contributed by atoms with Crippen LogP contribution < -0.4 is 5.32 Å². The molecule has 0 amide bonds. The fourth-order valence-corrected chi connectivity index (χ4v) is 1.16. The predicted octanol–water partition coefficient (Wildman–Crippen LogP) is 0.00600. The Morgan fingerprint density at radius 1 is 1.36 bits per heavy atom. The summed E-state index contributed by atoms with van der Waals surface area (Å²) < 4.78 is 21.1. The Kier molecular flexibility index (Phi) is 9.60. The quantitative estimate of drug-likeness (QED) is 0.559. The third kappa shape index (κ3) is 8.62. The van der Waals surface area contributed by atoms with Crippen LogP contribution in [0.1, 0.15) is 6.92 Å². The minimum absolute atomic E-state index is 0.203. The molecule has 2 unspecified atom stereocenters. The van der Waals surface area contributed by atoms with Crippen LogP contribution in [-0.4, -0.2) is 55.7 Å². The van der Waals surface area contributed by atoms with Crippen LogP contribution in [0.2, 0.25) is 0 Å². The van der Waals surface area contributed by atoms with Crippen molar-refractivity contribution in [2.75, 3.05) is 46.3 Å². The molecule has 14 heavy (non-hydrogen) atoms. The maximum absolute atomic E-state index is 11.0. The Morgan fingerprint density at radius 3 is 2.64 bits per heavy atom. The fourth-order valence-electron chi connectivity index (χ4n) is 0.811. The molecule has 0 rings (SSSR count). The van der Waals surface area contributed by atoms with E-state index in [-0.39, 0.29) is 5.25 Å². The van der Waals surface area contributed by atoms with Crippen LogP contribution in [0.5, 0.6) is 0 Å². The topological polar surface area (TPSA) is 47.6 Å². The molecule has 86 valence electrons. The van der Waals surface area contributed by atoms with Gasteiger partial charge in [-0.25, -0.2) is 0 Å². The van der Waals surface area contributed by atoms with Gasteiger partial charge in [-0.3, -0.25) is 4.21 Å². The standard InChI is InChI=1S/C9H21NO3S/c1-9(14(3)11)8-10-4-5-13-7-6-12-2/h9-10H,4-8H2,1-3H3. The molecule has 0 aliphatic carbocycles. The van der Waals surface area contributed by atoms with Gasteiger partial charge in [-0.05, 0) is 6.92 Å². The van der Waals surface area contributed by atoms with Crippen molar-refractivity contribution in [2.24, 2.45) is 0 Å². The summed E-state index contributed by atoms with van der Waals surface area (Å²) in [4.78, 5) is 0. The van der Waals surface area contributed by atoms with Crippen molar-refractivity contribution in [3.8, 4) is 0 Å². The highest BCUT2D eigenvalue weighted by Crippen LogP contribution is 1.88. The first-order valence-corrected chi connectivity index (χ1v) is 6.40. The molecule has 0 aliphatic heterocycles. The highest BCUT2D eigenvalue weighted by Gasteiger charge is 2.03. The Morgan fingerprint density at radius 2 is 2.07 bits per heavy atom. The Bertz CT molecular complexity index is 155. The van der Waals surface area contributed by atoms with Crippen molar-refractivity contribution in [3.05, 3.63) is 0 Å². The van der Waals surface area contributed by atoms with E-state index in [2.05, 4.69) is 5.32 Å². The van der Waals surface area contributed by atoms with Gasteiger partial charge in [0.1, 0.15) is 0 Å². The lowest BCUT2D eigenvalue weighted by atomic mass is 10.4. The SMILES string of the molecule is COCCOCCNCC(C)S(C)=O. The molecule has 0 aliphatic rings. The number of rotatable bonds is 9. The zero-order chi connectivity index (χ0) is 10.8. The second-order valence-corrected chi connectivity index (χ2v) is 4.92. The molecule has 0 saturated heterocycles. The first-order valence-electron chi connectivity index (χ1n) is 4.78. The number of nitrogens with one attached hydrogen (secondary N) is 1. The molecule has 0 saturated carbocycles. The lowest BCUT2D eigenvalue weighted by Gasteiger charge is -2.09. The summed E-state index contributed by atoms with van der Waals surface area (Å²) >= 11 is 0. The number of hydrogen-bond acceptors (Lipinski definition) is 4. The number of ether oxygens (including phenoxy) is 2. The van der Waals surface area contributed by atoms with Crippen molar-refractivity contribution >= 4 is 10.8 Å². The van der Waals surface area contributed by atoms with Crippen molar-refractivity contribution in [1.29, 1.82) is 0 Å². The molecule has 1 N–H and O–H groups in total. The maximum Gasteiger partial charge on any atom is 0.0700 e. The van der Waals surface area contributed by atoms with E-state index in [0.29, 0.717) is 19.8 Å². The summed E-state index contributed by atoms with van der Waals surface area (Å²) in [5.74, 6) is 0. The van der Waals surface area contributed by atoms with Crippen molar-refractivity contribution in [1.82, 2.24) is 5.32 Å². The summed E-state index contributed by atoms with van der Waals surface area (Å²) in [6.45, 7) is 5.48. The summed E-state index contributed by atoms with van der Waals surface area (Å²) in [5, 5.41) is 3.39. The molecule has 0 aromatic heterocycles. The van der Waals surface area contributed by atoms with Gasteiger partial charge in [0.2, 0.25) is 0 Å². The van der Waals surface area contributed by atoms with Gasteiger partial charge in [0.15, 0.2) is 0 Å². The Balaban J connectivity index is 3.09. The zero-order valence-corrected chi connectivity index (χ0v) is 10.1. The smallest absolute Gasteiger partial charge is 0.0700 e. The van der Waals surface area contributed by atoms with Crippen LogP contribution >= 0.6 is 0 Å². The van der Waals surface area contributed by atoms with Crippen LogP contribution in [0.3, 0.4) is 0 Å². The fraction of sp³-hybridized carbons (Fsp3) is 1.00. The van der Waals surface area contributed by atoms with Crippen LogP contribution in [0, 0.1) is 0 Å². The lowest BCUT2D eigenvalue weighted by molar-refractivity contribution is 0.0721. The minimum atomic E-state index is -0.744. The van der Waals surface area contributed by atoms with Gasteiger partial charge in [0.05, 0.1) is 19.8 Å². The van der Waals surface area contributed by atoms with E-state index < -0.39 is 10.8 Å². The molecule has 0 spiro atoms. The summed E-state index contributed by atoms with van der Waals surface area (Å²) in [6.07, 6.45) is 1.72. The van der Waals surface area contributed by atoms with Crippen molar-refractivity contribution < 1.29 is 13.7 Å². The average molecular weight is 223 g/mol. The minimum Gasteiger partial charge on any atom is -0.382 e. The van der Waals surface area contributed by atoms with E-state index in [0.717, 1.165) is 13.1 Å². The van der Waals surface area contributed by atoms with E-state index in [1.54, 1.807) is 13.4 Å². The maximum atomic E-state index is 11.0. The van der Waals surface area contributed by atoms with E-state index in [1.807, 2.05) is 6.92 Å². The molecule has 0 bridgehead atoms. The van der Waals surface area contributed by atoms with E-state index >= 15 is 0 Å². The van der Waals surface area contributed by atoms with Crippen molar-refractivity contribution in [3.63, 3.8) is 0 Å². The van der Waals surface area contributed by atoms with Gasteiger partial charge in [-0.2, -0.15) is 0 Å². The third-order valence-electron chi connectivity index (χ3n) is 1.85. The van der Waals surface area contributed by atoms with Gasteiger partial charge in [-0.15, -0.1) is 0 Å². The van der Waals surface area contributed by atoms with Crippen LogP contribution in [0.4, 0.5) is 0 Å². The molecule has 0 heterocycles. The van der Waals surface area contributed by atoms with Gasteiger partial charge in [0.25, 0.3) is 0 Å². The number of hydrogen-bond donors (Lipinski definition) is 1. The Labute approximate surface area is 88.8 Å². The Hall–Kier alpha value is 0.0300. The summed E-state index contributed by atoms with van der Waals surface area (Å²) in [6, 6.07) is 0. The van der Waals surface area contributed by atoms with Crippen LogP contribution in [-0.2, 0) is 20.3 Å². The highest BCUT2D eigenvalue weighted by molar-refractivity contribution is 7.84. The average Bonchev–Trinajstić information content (AvgIpc) is 2.16. The van der Waals surface area contributed by atoms with Crippen LogP contribution in [0.15, 0.2) is 0 Å². The monoisotopic (exact) mass is 223 g/mol. The predicted molar refractivity (Wildman–Crippen MR) is 59.1 cm³/mol. The zero-order valence-electron chi connectivity index (χ0n) is 9.25. The molecule has 0 fully saturated rings. The summed E-state index contributed by atoms with van der Waals surface area (Å²) in [7, 11) is 0.909. The van der Waals surface area contributed by atoms with E-state index in [4.69, 9.17) is 9.47 Å². The molecule has 0 aromatic carbocycles. The molecular weight excluding hydrogens is 202 g/mol. The van der Waals surface area contributed by atoms with Gasteiger partial charge in [-0.1, -0.05) is 0 Å². The molecule has 2 atom stereocenters. The van der Waals surface area contributed by atoms with Crippen LogP contribution in [0.25, 0.3) is 0 Å².